The minimum Gasteiger partial charge on any atom is -0.461 e. The maximum Gasteiger partial charge on any atom is 0.407 e. The predicted octanol–water partition coefficient (Wildman–Crippen LogP) is 2.98. The molecule has 1 amide bonds. The van der Waals surface area contributed by atoms with Crippen molar-refractivity contribution in [1.29, 1.82) is 0 Å². The molecule has 1 aliphatic carbocycles. The third-order valence-electron chi connectivity index (χ3n) is 5.54. The highest BCUT2D eigenvalue weighted by Gasteiger charge is 2.29. The molecule has 2 aromatic rings. The number of carbonyl (C=O) groups excluding carboxylic acids is 2. The Morgan fingerprint density at radius 1 is 1.09 bits per heavy atom. The molecule has 0 radical (unpaired) electrons. The molecule has 2 atom stereocenters. The second-order valence-corrected chi connectivity index (χ2v) is 7.65. The summed E-state index contributed by atoms with van der Waals surface area (Å²) in [6.45, 7) is 5.78. The number of hydrogen-bond acceptors (Lipinski definition) is 6. The lowest BCUT2D eigenvalue weighted by molar-refractivity contribution is -0.141. The first kappa shape index (κ1) is 23.5. The van der Waals surface area contributed by atoms with E-state index in [4.69, 9.17) is 9.47 Å². The van der Waals surface area contributed by atoms with Gasteiger partial charge in [0.25, 0.3) is 0 Å². The second-order valence-electron chi connectivity index (χ2n) is 7.65. The molecular formula is C25H30N2O5. The number of aliphatic hydroxyl groups excluding tert-OH is 1. The van der Waals surface area contributed by atoms with E-state index in [0.29, 0.717) is 6.42 Å². The normalized spacial score (nSPS) is 14.1. The van der Waals surface area contributed by atoms with Crippen LogP contribution in [0.5, 0.6) is 0 Å². The molecule has 1 aliphatic rings. The zero-order valence-corrected chi connectivity index (χ0v) is 18.3. The van der Waals surface area contributed by atoms with E-state index >= 15 is 0 Å². The Kier molecular flexibility index (Phi) is 8.41. The van der Waals surface area contributed by atoms with Crippen LogP contribution in [0.25, 0.3) is 11.1 Å². The summed E-state index contributed by atoms with van der Waals surface area (Å²) in [7, 11) is 0. The lowest BCUT2D eigenvalue weighted by atomic mass is 9.98. The molecule has 0 bridgehead atoms. The largest absolute Gasteiger partial charge is 0.461 e. The highest BCUT2D eigenvalue weighted by atomic mass is 16.5. The van der Waals surface area contributed by atoms with E-state index in [1.165, 1.54) is 6.08 Å². The summed E-state index contributed by atoms with van der Waals surface area (Å²) in [4.78, 5) is 23.9. The molecule has 7 nitrogen and oxygen atoms in total. The van der Waals surface area contributed by atoms with E-state index in [1.54, 1.807) is 0 Å². The number of nitrogens with one attached hydrogen (secondary N) is 2. The number of amides is 1. The Morgan fingerprint density at radius 3 is 2.31 bits per heavy atom. The molecule has 0 saturated heterocycles. The highest BCUT2D eigenvalue weighted by Crippen LogP contribution is 2.44. The van der Waals surface area contributed by atoms with E-state index in [9.17, 15) is 14.7 Å². The third-order valence-corrected chi connectivity index (χ3v) is 5.54. The molecule has 0 fully saturated rings. The van der Waals surface area contributed by atoms with Crippen molar-refractivity contribution in [1.82, 2.24) is 10.6 Å². The fraction of sp³-hybridized carbons (Fsp3) is 0.360. The van der Waals surface area contributed by atoms with Gasteiger partial charge < -0.3 is 25.2 Å². The number of esters is 1. The monoisotopic (exact) mass is 438 g/mol. The molecule has 3 N–H and O–H groups in total. The third kappa shape index (κ3) is 5.75. The van der Waals surface area contributed by atoms with Gasteiger partial charge >= 0.3 is 12.1 Å². The average Bonchev–Trinajstić information content (AvgIpc) is 3.13. The van der Waals surface area contributed by atoms with Gasteiger partial charge in [-0.25, -0.2) is 4.79 Å². The van der Waals surface area contributed by atoms with Crippen molar-refractivity contribution in [2.75, 3.05) is 26.3 Å². The lowest BCUT2D eigenvalue weighted by Gasteiger charge is -2.23. The van der Waals surface area contributed by atoms with Crippen LogP contribution in [0.15, 0.2) is 61.2 Å². The smallest absolute Gasteiger partial charge is 0.407 e. The Labute approximate surface area is 188 Å². The van der Waals surface area contributed by atoms with Crippen LogP contribution >= 0.6 is 0 Å². The molecule has 32 heavy (non-hydrogen) atoms. The van der Waals surface area contributed by atoms with Crippen molar-refractivity contribution < 1.29 is 24.2 Å². The molecule has 1 unspecified atom stereocenters. The SMILES string of the molecule is C=CCOC(=O)CNCC(O)[C@H](CC)NC(=O)OCC1c2ccccc2-c2ccccc21. The number of benzene rings is 2. The number of rotatable bonds is 11. The van der Waals surface area contributed by atoms with E-state index < -0.39 is 24.2 Å². The minimum atomic E-state index is -0.882. The first-order valence-corrected chi connectivity index (χ1v) is 10.8. The quantitative estimate of drug-likeness (QED) is 0.369. The zero-order chi connectivity index (χ0) is 22.9. The molecule has 0 saturated carbocycles. The predicted molar refractivity (Wildman–Crippen MR) is 122 cm³/mol. The van der Waals surface area contributed by atoms with E-state index in [0.717, 1.165) is 22.3 Å². The van der Waals surface area contributed by atoms with E-state index in [-0.39, 0.29) is 32.2 Å². The van der Waals surface area contributed by atoms with Crippen molar-refractivity contribution in [3.63, 3.8) is 0 Å². The molecule has 170 valence electrons. The summed E-state index contributed by atoms with van der Waals surface area (Å²) in [6, 6.07) is 15.8. The minimum absolute atomic E-state index is 0.0265. The van der Waals surface area contributed by atoms with Crippen molar-refractivity contribution in [2.24, 2.45) is 0 Å². The fourth-order valence-corrected chi connectivity index (χ4v) is 3.93. The van der Waals surface area contributed by atoms with Crippen LogP contribution in [0.4, 0.5) is 4.79 Å². The molecule has 2 aromatic carbocycles. The van der Waals surface area contributed by atoms with Crippen molar-refractivity contribution in [2.45, 2.75) is 31.4 Å². The van der Waals surface area contributed by atoms with Crippen LogP contribution in [-0.4, -0.2) is 55.6 Å². The molecule has 0 aromatic heterocycles. The molecule has 3 rings (SSSR count). The molecule has 0 aliphatic heterocycles. The number of fused-ring (bicyclic) bond motifs is 3. The van der Waals surface area contributed by atoms with Gasteiger partial charge in [-0.15, -0.1) is 0 Å². The average molecular weight is 439 g/mol. The Hall–Kier alpha value is -3.16. The van der Waals surface area contributed by atoms with E-state index in [2.05, 4.69) is 41.5 Å². The Bertz CT molecular complexity index is 900. The van der Waals surface area contributed by atoms with Crippen LogP contribution in [-0.2, 0) is 14.3 Å². The molecule has 0 spiro atoms. The van der Waals surface area contributed by atoms with Crippen LogP contribution in [0.3, 0.4) is 0 Å². The number of alkyl carbamates (subject to hydrolysis) is 1. The summed E-state index contributed by atoms with van der Waals surface area (Å²) in [5.74, 6) is -0.462. The van der Waals surface area contributed by atoms with E-state index in [1.807, 2.05) is 31.2 Å². The van der Waals surface area contributed by atoms with Gasteiger partial charge in [0.15, 0.2) is 0 Å². The fourth-order valence-electron chi connectivity index (χ4n) is 3.93. The topological polar surface area (TPSA) is 96.9 Å². The number of carbonyl (C=O) groups is 2. The van der Waals surface area contributed by atoms with Crippen molar-refractivity contribution in [3.05, 3.63) is 72.3 Å². The van der Waals surface area contributed by atoms with Gasteiger partial charge in [-0.3, -0.25) is 4.79 Å². The second kappa shape index (κ2) is 11.5. The lowest BCUT2D eigenvalue weighted by Crippen LogP contribution is -2.48. The first-order chi connectivity index (χ1) is 15.5. The standard InChI is InChI=1S/C25H30N2O5/c1-3-13-31-24(29)15-26-14-23(28)22(4-2)27-25(30)32-16-21-19-11-7-5-9-17(19)18-10-6-8-12-20(18)21/h3,5-12,21-23,26,28H,1,4,13-16H2,2H3,(H,27,30)/t22-,23?/m0/s1. The zero-order valence-electron chi connectivity index (χ0n) is 18.3. The van der Waals surface area contributed by atoms with Crippen molar-refractivity contribution >= 4 is 12.1 Å². The number of hydrogen-bond donors (Lipinski definition) is 3. The summed E-state index contributed by atoms with van der Waals surface area (Å²) >= 11 is 0. The Balaban J connectivity index is 1.50. The Morgan fingerprint density at radius 2 is 1.72 bits per heavy atom. The van der Waals surface area contributed by atoms with Gasteiger partial charge in [-0.1, -0.05) is 68.1 Å². The summed E-state index contributed by atoms with van der Waals surface area (Å²) < 4.78 is 10.4. The van der Waals surface area contributed by atoms with Crippen molar-refractivity contribution in [3.8, 4) is 11.1 Å². The first-order valence-electron chi connectivity index (χ1n) is 10.8. The number of ether oxygens (including phenoxy) is 2. The molecular weight excluding hydrogens is 408 g/mol. The van der Waals surface area contributed by atoms with Crippen LogP contribution < -0.4 is 10.6 Å². The highest BCUT2D eigenvalue weighted by molar-refractivity contribution is 5.79. The van der Waals surface area contributed by atoms with Gasteiger partial charge in [0.1, 0.15) is 13.2 Å². The van der Waals surface area contributed by atoms with Gasteiger partial charge in [-0.05, 0) is 28.7 Å². The van der Waals surface area contributed by atoms with Gasteiger partial charge in [0.05, 0.1) is 18.7 Å². The van der Waals surface area contributed by atoms with Gasteiger partial charge in [0, 0.05) is 12.5 Å². The molecule has 7 heteroatoms. The van der Waals surface area contributed by atoms with Gasteiger partial charge in [0.2, 0.25) is 0 Å². The molecule has 0 heterocycles. The summed E-state index contributed by atoms with van der Waals surface area (Å²) in [5, 5.41) is 15.9. The maximum absolute atomic E-state index is 12.4. The van der Waals surface area contributed by atoms with Crippen LogP contribution in [0, 0.1) is 0 Å². The summed E-state index contributed by atoms with van der Waals surface area (Å²) in [5.41, 5.74) is 4.61. The summed E-state index contributed by atoms with van der Waals surface area (Å²) in [6.07, 6.45) is 0.530. The number of aliphatic hydroxyl groups is 1. The van der Waals surface area contributed by atoms with Gasteiger partial charge in [-0.2, -0.15) is 0 Å². The van der Waals surface area contributed by atoms with Crippen LogP contribution in [0.1, 0.15) is 30.4 Å². The van der Waals surface area contributed by atoms with Crippen LogP contribution in [0.2, 0.25) is 0 Å². The maximum atomic E-state index is 12.4.